The van der Waals surface area contributed by atoms with E-state index in [1.165, 1.54) is 19.3 Å². The lowest BCUT2D eigenvalue weighted by Gasteiger charge is -2.23. The van der Waals surface area contributed by atoms with Crippen molar-refractivity contribution in [2.75, 3.05) is 11.9 Å². The summed E-state index contributed by atoms with van der Waals surface area (Å²) in [6.07, 6.45) is 7.91. The SMILES string of the molecule is CCCc1cc(C(=O)NC2CCCCC2)cc(NCC)n1. The Kier molecular flexibility index (Phi) is 6.03. The third-order valence-corrected chi connectivity index (χ3v) is 3.95. The fourth-order valence-corrected chi connectivity index (χ4v) is 2.89. The molecule has 1 saturated carbocycles. The normalized spacial score (nSPS) is 15.7. The number of aryl methyl sites for hydroxylation is 1. The van der Waals surface area contributed by atoms with Gasteiger partial charge in [-0.1, -0.05) is 32.6 Å². The first-order chi connectivity index (χ1) is 10.2. The summed E-state index contributed by atoms with van der Waals surface area (Å²) in [4.78, 5) is 17.0. The second-order valence-corrected chi connectivity index (χ2v) is 5.82. The molecule has 0 bridgehead atoms. The van der Waals surface area contributed by atoms with Gasteiger partial charge in [0.25, 0.3) is 5.91 Å². The number of nitrogens with zero attached hydrogens (tertiary/aromatic N) is 1. The van der Waals surface area contributed by atoms with Gasteiger partial charge in [-0.25, -0.2) is 4.98 Å². The molecule has 2 rings (SSSR count). The van der Waals surface area contributed by atoms with Gasteiger partial charge in [-0.05, 0) is 38.3 Å². The van der Waals surface area contributed by atoms with Gasteiger partial charge in [0, 0.05) is 23.8 Å². The number of hydrogen-bond acceptors (Lipinski definition) is 3. The Morgan fingerprint density at radius 3 is 2.67 bits per heavy atom. The van der Waals surface area contributed by atoms with Crippen LogP contribution in [0.25, 0.3) is 0 Å². The monoisotopic (exact) mass is 289 g/mol. The van der Waals surface area contributed by atoms with E-state index < -0.39 is 0 Å². The summed E-state index contributed by atoms with van der Waals surface area (Å²) in [6.45, 7) is 4.98. The Morgan fingerprint density at radius 2 is 2.00 bits per heavy atom. The van der Waals surface area contributed by atoms with Crippen molar-refractivity contribution in [3.63, 3.8) is 0 Å². The van der Waals surface area contributed by atoms with Gasteiger partial charge >= 0.3 is 0 Å². The first-order valence-corrected chi connectivity index (χ1v) is 8.28. The van der Waals surface area contributed by atoms with Crippen LogP contribution in [0.5, 0.6) is 0 Å². The lowest BCUT2D eigenvalue weighted by molar-refractivity contribution is 0.0927. The highest BCUT2D eigenvalue weighted by molar-refractivity contribution is 5.95. The van der Waals surface area contributed by atoms with Crippen LogP contribution in [0.1, 0.15) is 68.4 Å². The number of aromatic nitrogens is 1. The first kappa shape index (κ1) is 15.8. The van der Waals surface area contributed by atoms with Crippen molar-refractivity contribution in [3.8, 4) is 0 Å². The van der Waals surface area contributed by atoms with Gasteiger partial charge < -0.3 is 10.6 Å². The van der Waals surface area contributed by atoms with Gasteiger partial charge in [-0.15, -0.1) is 0 Å². The molecule has 0 radical (unpaired) electrons. The molecule has 0 atom stereocenters. The van der Waals surface area contributed by atoms with Gasteiger partial charge in [0.15, 0.2) is 0 Å². The number of anilines is 1. The molecular formula is C17H27N3O. The number of carbonyl (C=O) groups excluding carboxylic acids is 1. The fourth-order valence-electron chi connectivity index (χ4n) is 2.89. The highest BCUT2D eigenvalue weighted by Gasteiger charge is 2.17. The van der Waals surface area contributed by atoms with Crippen molar-refractivity contribution < 1.29 is 4.79 Å². The fraction of sp³-hybridized carbons (Fsp3) is 0.647. The van der Waals surface area contributed by atoms with E-state index >= 15 is 0 Å². The predicted octanol–water partition coefficient (Wildman–Crippen LogP) is 3.53. The molecule has 1 heterocycles. The van der Waals surface area contributed by atoms with Gasteiger partial charge in [0.2, 0.25) is 0 Å². The van der Waals surface area contributed by atoms with Crippen molar-refractivity contribution in [2.45, 2.75) is 64.8 Å². The minimum atomic E-state index is 0.0424. The molecule has 1 aromatic rings. The summed E-state index contributed by atoms with van der Waals surface area (Å²) in [6, 6.07) is 4.14. The van der Waals surface area contributed by atoms with Crippen molar-refractivity contribution in [1.82, 2.24) is 10.3 Å². The summed E-state index contributed by atoms with van der Waals surface area (Å²) < 4.78 is 0. The van der Waals surface area contributed by atoms with E-state index in [1.54, 1.807) is 0 Å². The summed E-state index contributed by atoms with van der Waals surface area (Å²) in [7, 11) is 0. The molecule has 1 amide bonds. The molecular weight excluding hydrogens is 262 g/mol. The van der Waals surface area contributed by atoms with Crippen LogP contribution < -0.4 is 10.6 Å². The van der Waals surface area contributed by atoms with Crippen LogP contribution in [0.4, 0.5) is 5.82 Å². The van der Waals surface area contributed by atoms with Crippen LogP contribution in [-0.2, 0) is 6.42 Å². The standard InChI is InChI=1S/C17H27N3O/c1-3-8-15-11-13(12-16(19-15)18-4-2)17(21)20-14-9-6-5-7-10-14/h11-12,14H,3-10H2,1-2H3,(H,18,19)(H,20,21). The summed E-state index contributed by atoms with van der Waals surface area (Å²) in [5, 5.41) is 6.39. The molecule has 4 heteroatoms. The molecule has 2 N–H and O–H groups in total. The van der Waals surface area contributed by atoms with Crippen molar-refractivity contribution in [1.29, 1.82) is 0 Å². The van der Waals surface area contributed by atoms with E-state index in [9.17, 15) is 4.79 Å². The number of hydrogen-bond donors (Lipinski definition) is 2. The maximum Gasteiger partial charge on any atom is 0.251 e. The van der Waals surface area contributed by atoms with Crippen molar-refractivity contribution >= 4 is 11.7 Å². The van der Waals surface area contributed by atoms with E-state index in [-0.39, 0.29) is 5.91 Å². The third kappa shape index (κ3) is 4.73. The zero-order chi connectivity index (χ0) is 15.1. The topological polar surface area (TPSA) is 54.0 Å². The molecule has 21 heavy (non-hydrogen) atoms. The summed E-state index contributed by atoms with van der Waals surface area (Å²) >= 11 is 0. The molecule has 4 nitrogen and oxygen atoms in total. The zero-order valence-electron chi connectivity index (χ0n) is 13.2. The number of rotatable bonds is 6. The van der Waals surface area contributed by atoms with Crippen molar-refractivity contribution in [2.24, 2.45) is 0 Å². The zero-order valence-corrected chi connectivity index (χ0v) is 13.2. The molecule has 1 aliphatic carbocycles. The Hall–Kier alpha value is -1.58. The average Bonchev–Trinajstić information content (AvgIpc) is 2.49. The van der Waals surface area contributed by atoms with E-state index in [0.717, 1.165) is 49.3 Å². The van der Waals surface area contributed by atoms with Gasteiger partial charge in [0.1, 0.15) is 5.82 Å². The predicted molar refractivity (Wildman–Crippen MR) is 86.7 cm³/mol. The van der Waals surface area contributed by atoms with E-state index in [1.807, 2.05) is 19.1 Å². The largest absolute Gasteiger partial charge is 0.370 e. The van der Waals surface area contributed by atoms with E-state index in [2.05, 4.69) is 22.5 Å². The second-order valence-electron chi connectivity index (χ2n) is 5.82. The highest BCUT2D eigenvalue weighted by atomic mass is 16.1. The smallest absolute Gasteiger partial charge is 0.251 e. The lowest BCUT2D eigenvalue weighted by Crippen LogP contribution is -2.36. The maximum atomic E-state index is 12.5. The highest BCUT2D eigenvalue weighted by Crippen LogP contribution is 2.18. The van der Waals surface area contributed by atoms with Gasteiger partial charge in [-0.2, -0.15) is 0 Å². The molecule has 0 aliphatic heterocycles. The Bertz CT molecular complexity index is 443. The Balaban J connectivity index is 2.10. The second kappa shape index (κ2) is 8.01. The first-order valence-electron chi connectivity index (χ1n) is 8.28. The van der Waals surface area contributed by atoms with Crippen LogP contribution in [0.3, 0.4) is 0 Å². The molecule has 1 aliphatic rings. The number of amides is 1. The molecule has 0 unspecified atom stereocenters. The summed E-state index contributed by atoms with van der Waals surface area (Å²) in [5.41, 5.74) is 1.72. The number of nitrogens with one attached hydrogen (secondary N) is 2. The van der Waals surface area contributed by atoms with E-state index in [0.29, 0.717) is 6.04 Å². The van der Waals surface area contributed by atoms with Crippen LogP contribution in [0.15, 0.2) is 12.1 Å². The molecule has 0 spiro atoms. The minimum Gasteiger partial charge on any atom is -0.370 e. The molecule has 0 aromatic carbocycles. The average molecular weight is 289 g/mol. The molecule has 0 saturated heterocycles. The Labute approximate surface area is 127 Å². The van der Waals surface area contributed by atoms with Crippen LogP contribution in [0.2, 0.25) is 0 Å². The van der Waals surface area contributed by atoms with Gasteiger partial charge in [-0.3, -0.25) is 4.79 Å². The van der Waals surface area contributed by atoms with Crippen LogP contribution >= 0.6 is 0 Å². The molecule has 116 valence electrons. The lowest BCUT2D eigenvalue weighted by atomic mass is 9.95. The quantitative estimate of drug-likeness (QED) is 0.842. The molecule has 1 fully saturated rings. The number of carbonyl (C=O) groups is 1. The van der Waals surface area contributed by atoms with E-state index in [4.69, 9.17) is 0 Å². The molecule has 1 aromatic heterocycles. The summed E-state index contributed by atoms with van der Waals surface area (Å²) in [5.74, 6) is 0.845. The van der Waals surface area contributed by atoms with Crippen LogP contribution in [0, 0.1) is 0 Å². The van der Waals surface area contributed by atoms with Crippen LogP contribution in [-0.4, -0.2) is 23.5 Å². The maximum absolute atomic E-state index is 12.5. The minimum absolute atomic E-state index is 0.0424. The Morgan fingerprint density at radius 1 is 1.24 bits per heavy atom. The van der Waals surface area contributed by atoms with Crippen molar-refractivity contribution in [3.05, 3.63) is 23.4 Å². The van der Waals surface area contributed by atoms with Gasteiger partial charge in [0.05, 0.1) is 0 Å². The third-order valence-electron chi connectivity index (χ3n) is 3.95. The number of pyridine rings is 1.